The topological polar surface area (TPSA) is 84.9 Å². The lowest BCUT2D eigenvalue weighted by atomic mass is 9.93. The Kier molecular flexibility index (Phi) is 12.8. The van der Waals surface area contributed by atoms with E-state index in [1.807, 2.05) is 0 Å². The molecule has 0 spiro atoms. The number of nitrogens with one attached hydrogen (secondary N) is 1. The van der Waals surface area contributed by atoms with Gasteiger partial charge in [-0.3, -0.25) is 0 Å². The summed E-state index contributed by atoms with van der Waals surface area (Å²) in [6, 6.07) is 5.56. The lowest BCUT2D eigenvalue weighted by Gasteiger charge is -2.35. The number of benzene rings is 1. The molecule has 1 aromatic rings. The number of phenolic OH excluding ortho intramolecular Hbond substituents is 1. The van der Waals surface area contributed by atoms with Crippen LogP contribution in [-0.2, 0) is 14.3 Å². The van der Waals surface area contributed by atoms with Gasteiger partial charge < -0.3 is 24.7 Å². The number of rotatable bonds is 15. The van der Waals surface area contributed by atoms with Gasteiger partial charge >= 0.3 is 5.97 Å². The zero-order valence-corrected chi connectivity index (χ0v) is 21.2. The monoisotopic (exact) mass is 473 g/mol. The number of Topliss-reactive ketones (excluding diaryl/α,β-unsaturated/α-hetero) is 1. The minimum Gasteiger partial charge on any atom is -0.504 e. The molecular weight excluding hydrogens is 430 g/mol. The summed E-state index contributed by atoms with van der Waals surface area (Å²) in [5.74, 6) is 0.383. The molecule has 0 bridgehead atoms. The van der Waals surface area contributed by atoms with Gasteiger partial charge in [-0.05, 0) is 63.3 Å². The molecule has 190 valence electrons. The van der Waals surface area contributed by atoms with E-state index in [1.165, 1.54) is 70.6 Å². The Bertz CT molecular complexity index is 791. The van der Waals surface area contributed by atoms with Crippen molar-refractivity contribution in [3.8, 4) is 11.5 Å². The molecule has 6 heteroatoms. The molecule has 1 aliphatic rings. The van der Waals surface area contributed by atoms with Gasteiger partial charge in [0.2, 0.25) is 0 Å². The average Bonchev–Trinajstić information content (AvgIpc) is 2.81. The second-order valence-electron chi connectivity index (χ2n) is 9.54. The van der Waals surface area contributed by atoms with Gasteiger partial charge in [-0.25, -0.2) is 4.79 Å². The molecule has 2 N–H and O–H groups in total. The van der Waals surface area contributed by atoms with Crippen LogP contribution in [0.4, 0.5) is 0 Å². The van der Waals surface area contributed by atoms with Crippen molar-refractivity contribution in [1.82, 2.24) is 5.32 Å². The Labute approximate surface area is 205 Å². The van der Waals surface area contributed by atoms with Crippen molar-refractivity contribution in [3.63, 3.8) is 0 Å². The van der Waals surface area contributed by atoms with Crippen molar-refractivity contribution >= 4 is 17.8 Å². The number of methoxy groups -OCH3 is 1. The molecule has 1 aromatic carbocycles. The minimum absolute atomic E-state index is 0.0661. The number of unbranched alkanes of at least 4 members (excludes halogenated alkanes) is 7. The van der Waals surface area contributed by atoms with E-state index in [0.717, 1.165) is 31.2 Å². The second kappa shape index (κ2) is 15.5. The summed E-state index contributed by atoms with van der Waals surface area (Å²) in [5, 5.41) is 13.3. The van der Waals surface area contributed by atoms with Crippen molar-refractivity contribution in [1.29, 1.82) is 0 Å². The average molecular weight is 474 g/mol. The summed E-state index contributed by atoms with van der Waals surface area (Å²) < 4.78 is 10.8. The molecule has 1 saturated heterocycles. The van der Waals surface area contributed by atoms with Gasteiger partial charge in [0.15, 0.2) is 11.5 Å². The van der Waals surface area contributed by atoms with Crippen LogP contribution in [-0.4, -0.2) is 42.2 Å². The molecule has 0 aromatic heterocycles. The second-order valence-corrected chi connectivity index (χ2v) is 9.54. The van der Waals surface area contributed by atoms with E-state index in [9.17, 15) is 14.7 Å². The Morgan fingerprint density at radius 1 is 1.06 bits per heavy atom. The molecule has 6 nitrogen and oxygen atoms in total. The van der Waals surface area contributed by atoms with E-state index >= 15 is 0 Å². The van der Waals surface area contributed by atoms with E-state index < -0.39 is 0 Å². The third kappa shape index (κ3) is 10.7. The van der Waals surface area contributed by atoms with E-state index in [0.29, 0.717) is 17.6 Å². The molecule has 1 fully saturated rings. The lowest BCUT2D eigenvalue weighted by molar-refractivity contribution is -0.145. The molecule has 0 saturated carbocycles. The van der Waals surface area contributed by atoms with E-state index in [2.05, 4.69) is 12.2 Å². The highest BCUT2D eigenvalue weighted by Gasteiger charge is 2.28. The molecule has 1 aliphatic heterocycles. The predicted molar refractivity (Wildman–Crippen MR) is 136 cm³/mol. The number of ether oxygens (including phenoxy) is 2. The number of aromatic hydroxyl groups is 1. The van der Waals surface area contributed by atoms with Crippen LogP contribution < -0.4 is 10.1 Å². The van der Waals surface area contributed by atoms with Gasteiger partial charge in [-0.2, -0.15) is 0 Å². The summed E-state index contributed by atoms with van der Waals surface area (Å²) in [6.07, 6.45) is 16.6. The highest BCUT2D eigenvalue weighted by atomic mass is 16.5. The summed E-state index contributed by atoms with van der Waals surface area (Å²) in [6.45, 7) is 3.76. The maximum Gasteiger partial charge on any atom is 0.331 e. The number of ketones is 1. The summed E-state index contributed by atoms with van der Waals surface area (Å²) in [7, 11) is 1.49. The first kappa shape index (κ1) is 27.9. The zero-order chi connectivity index (χ0) is 24.8. The molecule has 1 heterocycles. The molecule has 0 aliphatic carbocycles. The van der Waals surface area contributed by atoms with E-state index in [4.69, 9.17) is 9.47 Å². The van der Waals surface area contributed by atoms with Gasteiger partial charge in [0.25, 0.3) is 0 Å². The van der Waals surface area contributed by atoms with Crippen molar-refractivity contribution < 1.29 is 24.2 Å². The third-order valence-electron chi connectivity index (χ3n) is 6.57. The Hall–Kier alpha value is -2.34. The number of piperidine rings is 1. The molecule has 34 heavy (non-hydrogen) atoms. The van der Waals surface area contributed by atoms with Gasteiger partial charge in [0.05, 0.1) is 7.11 Å². The van der Waals surface area contributed by atoms with Gasteiger partial charge in [-0.1, -0.05) is 51.0 Å². The number of carbonyl (C=O) groups excluding carboxylic acids is 2. The normalized spacial score (nSPS) is 20.4. The van der Waals surface area contributed by atoms with Crippen molar-refractivity contribution in [2.75, 3.05) is 7.11 Å². The van der Waals surface area contributed by atoms with Crippen LogP contribution in [0.5, 0.6) is 11.5 Å². The third-order valence-corrected chi connectivity index (χ3v) is 6.57. The van der Waals surface area contributed by atoms with Crippen LogP contribution in [0.3, 0.4) is 0 Å². The number of carbonyl (C=O) groups is 2. The number of phenols is 1. The predicted octanol–water partition coefficient (Wildman–Crippen LogP) is 5.96. The summed E-state index contributed by atoms with van der Waals surface area (Å²) in [5.41, 5.74) is 0.759. The first-order valence-electron chi connectivity index (χ1n) is 12.9. The minimum atomic E-state index is -0.356. The highest BCUT2D eigenvalue weighted by Crippen LogP contribution is 2.27. The number of esters is 1. The number of hydrogen-bond donors (Lipinski definition) is 2. The molecule has 3 atom stereocenters. The fourth-order valence-electron chi connectivity index (χ4n) is 4.54. The quantitative estimate of drug-likeness (QED) is 0.186. The fourth-order valence-corrected chi connectivity index (χ4v) is 4.54. The molecule has 2 rings (SSSR count). The van der Waals surface area contributed by atoms with E-state index in [1.54, 1.807) is 25.1 Å². The zero-order valence-electron chi connectivity index (χ0n) is 21.2. The van der Waals surface area contributed by atoms with Crippen LogP contribution in [0.2, 0.25) is 0 Å². The molecule has 0 amide bonds. The summed E-state index contributed by atoms with van der Waals surface area (Å²) >= 11 is 0. The lowest BCUT2D eigenvalue weighted by Crippen LogP contribution is -2.50. The SMILES string of the molecule is COc1cc(C=CC(=O)OC2CCC(CCCCCCCCCCC(C)=O)NC2C)ccc1O. The Morgan fingerprint density at radius 2 is 1.74 bits per heavy atom. The van der Waals surface area contributed by atoms with Crippen LogP contribution in [0.25, 0.3) is 6.08 Å². The standard InChI is InChI=1S/C28H43NO5/c1-21(30)12-10-8-6-4-5-7-9-11-13-24-16-18-26(22(2)29-24)34-28(32)19-15-23-14-17-25(31)27(20-23)33-3/h14-15,17,19-20,22,24,26,29,31H,4-13,16,18H2,1-3H3. The summed E-state index contributed by atoms with van der Waals surface area (Å²) in [4.78, 5) is 23.2. The van der Waals surface area contributed by atoms with Crippen molar-refractivity contribution in [2.45, 2.75) is 109 Å². The fraction of sp³-hybridized carbons (Fsp3) is 0.643. The molecular formula is C28H43NO5. The molecule has 0 radical (unpaired) electrons. The van der Waals surface area contributed by atoms with Gasteiger partial charge in [0, 0.05) is 24.6 Å². The smallest absolute Gasteiger partial charge is 0.331 e. The van der Waals surface area contributed by atoms with Crippen molar-refractivity contribution in [2.24, 2.45) is 0 Å². The van der Waals surface area contributed by atoms with E-state index in [-0.39, 0.29) is 23.9 Å². The van der Waals surface area contributed by atoms with Crippen LogP contribution in [0.1, 0.15) is 96.5 Å². The Morgan fingerprint density at radius 3 is 2.38 bits per heavy atom. The highest BCUT2D eigenvalue weighted by molar-refractivity contribution is 5.87. The van der Waals surface area contributed by atoms with Gasteiger partial charge in [-0.15, -0.1) is 0 Å². The maximum atomic E-state index is 12.3. The van der Waals surface area contributed by atoms with Crippen LogP contribution in [0, 0.1) is 0 Å². The van der Waals surface area contributed by atoms with Gasteiger partial charge in [0.1, 0.15) is 11.9 Å². The van der Waals surface area contributed by atoms with Crippen LogP contribution in [0.15, 0.2) is 24.3 Å². The van der Waals surface area contributed by atoms with Crippen LogP contribution >= 0.6 is 0 Å². The van der Waals surface area contributed by atoms with Crippen molar-refractivity contribution in [3.05, 3.63) is 29.8 Å². The first-order valence-corrected chi connectivity index (χ1v) is 12.9. The Balaban J connectivity index is 1.58. The largest absolute Gasteiger partial charge is 0.504 e. The number of hydrogen-bond acceptors (Lipinski definition) is 6. The maximum absolute atomic E-state index is 12.3. The first-order chi connectivity index (χ1) is 16.4. The molecule has 3 unspecified atom stereocenters.